The van der Waals surface area contributed by atoms with Crippen molar-refractivity contribution in [2.45, 2.75) is 19.2 Å². The van der Waals surface area contributed by atoms with Crippen molar-refractivity contribution < 1.29 is 27.4 Å². The van der Waals surface area contributed by atoms with Gasteiger partial charge in [-0.3, -0.25) is 4.90 Å². The van der Waals surface area contributed by atoms with Crippen LogP contribution in [0.2, 0.25) is 0 Å². The monoisotopic (exact) mass is 393 g/mol. The number of methoxy groups -OCH3 is 1. The number of rotatable bonds is 6. The van der Waals surface area contributed by atoms with Crippen molar-refractivity contribution in [2.24, 2.45) is 11.8 Å². The molecular formula is C21H22F3NO3. The Bertz CT molecular complexity index is 832. The Hall–Kier alpha value is -2.25. The highest BCUT2D eigenvalue weighted by molar-refractivity contribution is 5.40. The smallest absolute Gasteiger partial charge is 0.387 e. The number of alkyl halides is 2. The quantitative estimate of drug-likeness (QED) is 0.734. The molecule has 0 N–H and O–H groups in total. The molecule has 28 heavy (non-hydrogen) atoms. The molecule has 2 aromatic carbocycles. The first-order valence-corrected chi connectivity index (χ1v) is 9.24. The SMILES string of the molecule is COC[C@@H]1CN(Cc2cccc(OC(F)F)c2)[C@H]2c3cc(F)ccc3OC[C@@H]12. The number of nitrogens with zero attached hydrogens (tertiary/aromatic N) is 1. The number of hydrogen-bond acceptors (Lipinski definition) is 4. The van der Waals surface area contributed by atoms with E-state index in [1.165, 1.54) is 18.2 Å². The maximum absolute atomic E-state index is 13.9. The molecule has 3 atom stereocenters. The van der Waals surface area contributed by atoms with E-state index in [9.17, 15) is 13.2 Å². The van der Waals surface area contributed by atoms with Gasteiger partial charge in [0.25, 0.3) is 0 Å². The van der Waals surface area contributed by atoms with Crippen LogP contribution in [0.15, 0.2) is 42.5 Å². The summed E-state index contributed by atoms with van der Waals surface area (Å²) in [6.45, 7) is -0.439. The Kier molecular flexibility index (Phi) is 5.46. The zero-order valence-corrected chi connectivity index (χ0v) is 15.5. The van der Waals surface area contributed by atoms with E-state index in [0.717, 1.165) is 17.7 Å². The molecule has 0 saturated carbocycles. The molecule has 4 nitrogen and oxygen atoms in total. The van der Waals surface area contributed by atoms with Gasteiger partial charge < -0.3 is 14.2 Å². The summed E-state index contributed by atoms with van der Waals surface area (Å²) in [7, 11) is 1.67. The Morgan fingerprint density at radius 2 is 2.07 bits per heavy atom. The first kappa shape index (κ1) is 19.1. The summed E-state index contributed by atoms with van der Waals surface area (Å²) in [4.78, 5) is 2.25. The van der Waals surface area contributed by atoms with Crippen LogP contribution in [0.4, 0.5) is 13.2 Å². The molecular weight excluding hydrogens is 371 g/mol. The normalized spacial score (nSPS) is 24.0. The summed E-state index contributed by atoms with van der Waals surface area (Å²) in [5.74, 6) is 0.947. The molecule has 0 radical (unpaired) electrons. The van der Waals surface area contributed by atoms with Crippen LogP contribution in [0.1, 0.15) is 17.2 Å². The van der Waals surface area contributed by atoms with E-state index in [1.54, 1.807) is 25.3 Å². The Morgan fingerprint density at radius 3 is 2.86 bits per heavy atom. The lowest BCUT2D eigenvalue weighted by atomic mass is 9.85. The third kappa shape index (κ3) is 3.82. The zero-order chi connectivity index (χ0) is 19.7. The molecule has 0 unspecified atom stereocenters. The van der Waals surface area contributed by atoms with Crippen LogP contribution >= 0.6 is 0 Å². The van der Waals surface area contributed by atoms with Crippen LogP contribution in [0.25, 0.3) is 0 Å². The highest BCUT2D eigenvalue weighted by Crippen LogP contribution is 2.48. The van der Waals surface area contributed by atoms with Crippen LogP contribution < -0.4 is 9.47 Å². The highest BCUT2D eigenvalue weighted by atomic mass is 19.3. The molecule has 7 heteroatoms. The molecule has 2 aliphatic rings. The lowest BCUT2D eigenvalue weighted by Gasteiger charge is -2.34. The Morgan fingerprint density at radius 1 is 1.21 bits per heavy atom. The molecule has 1 saturated heterocycles. The fraction of sp³-hybridized carbons (Fsp3) is 0.429. The van der Waals surface area contributed by atoms with Crippen molar-refractivity contribution in [3.8, 4) is 11.5 Å². The number of ether oxygens (including phenoxy) is 3. The average Bonchev–Trinajstić information content (AvgIpc) is 2.99. The van der Waals surface area contributed by atoms with Crippen LogP contribution in [-0.2, 0) is 11.3 Å². The maximum Gasteiger partial charge on any atom is 0.387 e. The van der Waals surface area contributed by atoms with Crippen molar-refractivity contribution in [2.75, 3.05) is 26.9 Å². The summed E-state index contributed by atoms with van der Waals surface area (Å²) in [5.41, 5.74) is 1.69. The number of likely N-dealkylation sites (tertiary alicyclic amines) is 1. The van der Waals surface area contributed by atoms with Crippen LogP contribution in [0, 0.1) is 17.7 Å². The van der Waals surface area contributed by atoms with Gasteiger partial charge in [0.05, 0.1) is 13.2 Å². The molecule has 0 aromatic heterocycles. The molecule has 1 fully saturated rings. The number of hydrogen-bond donors (Lipinski definition) is 0. The van der Waals surface area contributed by atoms with Gasteiger partial charge in [-0.1, -0.05) is 12.1 Å². The molecule has 2 aromatic rings. The largest absolute Gasteiger partial charge is 0.493 e. The van der Waals surface area contributed by atoms with Crippen LogP contribution in [0.5, 0.6) is 11.5 Å². The van der Waals surface area contributed by atoms with Gasteiger partial charge in [0, 0.05) is 43.6 Å². The molecule has 2 aliphatic heterocycles. The topological polar surface area (TPSA) is 30.9 Å². The van der Waals surface area contributed by atoms with E-state index in [-0.39, 0.29) is 29.4 Å². The minimum atomic E-state index is -2.86. The standard InChI is InChI=1S/C21H22F3NO3/c1-26-11-14-10-25(9-13-3-2-4-16(7-13)28-21(23)24)20-17-8-15(22)5-6-19(17)27-12-18(14)20/h2-8,14,18,20-21H,9-12H2,1H3/t14-,18-,20-/m0/s1. The number of halogens is 3. The summed E-state index contributed by atoms with van der Waals surface area (Å²) in [6, 6.07) is 11.3. The van der Waals surface area contributed by atoms with E-state index in [0.29, 0.717) is 25.5 Å². The zero-order valence-electron chi connectivity index (χ0n) is 15.5. The number of fused-ring (bicyclic) bond motifs is 3. The third-order valence-corrected chi connectivity index (χ3v) is 5.49. The van der Waals surface area contributed by atoms with E-state index >= 15 is 0 Å². The van der Waals surface area contributed by atoms with Crippen LogP contribution in [-0.4, -0.2) is 38.4 Å². The fourth-order valence-corrected chi connectivity index (χ4v) is 4.41. The minimum absolute atomic E-state index is 0.0146. The maximum atomic E-state index is 13.9. The lowest BCUT2D eigenvalue weighted by Crippen LogP contribution is -2.32. The fourth-order valence-electron chi connectivity index (χ4n) is 4.41. The van der Waals surface area contributed by atoms with Gasteiger partial charge in [0.2, 0.25) is 0 Å². The molecule has 0 spiro atoms. The Labute approximate surface area is 161 Å². The Balaban J connectivity index is 1.63. The average molecular weight is 393 g/mol. The summed E-state index contributed by atoms with van der Waals surface area (Å²) >= 11 is 0. The first-order chi connectivity index (χ1) is 13.5. The minimum Gasteiger partial charge on any atom is -0.493 e. The van der Waals surface area contributed by atoms with Crippen molar-refractivity contribution in [1.29, 1.82) is 0 Å². The van der Waals surface area contributed by atoms with Gasteiger partial charge >= 0.3 is 6.61 Å². The molecule has 4 rings (SSSR count). The molecule has 0 amide bonds. The third-order valence-electron chi connectivity index (χ3n) is 5.49. The van der Waals surface area contributed by atoms with Crippen molar-refractivity contribution in [3.05, 3.63) is 59.4 Å². The predicted molar refractivity (Wildman–Crippen MR) is 97.0 cm³/mol. The van der Waals surface area contributed by atoms with Gasteiger partial charge in [0.15, 0.2) is 0 Å². The predicted octanol–water partition coefficient (Wildman–Crippen LogP) is 4.26. The van der Waals surface area contributed by atoms with Gasteiger partial charge in [-0.2, -0.15) is 8.78 Å². The van der Waals surface area contributed by atoms with Crippen LogP contribution in [0.3, 0.4) is 0 Å². The molecule has 150 valence electrons. The van der Waals surface area contributed by atoms with Gasteiger partial charge in [0.1, 0.15) is 17.3 Å². The molecule has 0 bridgehead atoms. The van der Waals surface area contributed by atoms with E-state index in [1.807, 2.05) is 6.07 Å². The summed E-state index contributed by atoms with van der Waals surface area (Å²) in [6.07, 6.45) is 0. The first-order valence-electron chi connectivity index (χ1n) is 9.24. The van der Waals surface area contributed by atoms with Crippen molar-refractivity contribution in [3.63, 3.8) is 0 Å². The van der Waals surface area contributed by atoms with E-state index < -0.39 is 6.61 Å². The summed E-state index contributed by atoms with van der Waals surface area (Å²) in [5, 5.41) is 0. The highest BCUT2D eigenvalue weighted by Gasteiger charge is 2.46. The van der Waals surface area contributed by atoms with Gasteiger partial charge in [-0.15, -0.1) is 0 Å². The van der Waals surface area contributed by atoms with Gasteiger partial charge in [-0.25, -0.2) is 4.39 Å². The second kappa shape index (κ2) is 8.01. The van der Waals surface area contributed by atoms with Gasteiger partial charge in [-0.05, 0) is 35.9 Å². The lowest BCUT2D eigenvalue weighted by molar-refractivity contribution is -0.0499. The molecule has 2 heterocycles. The number of benzene rings is 2. The molecule has 0 aliphatic carbocycles. The van der Waals surface area contributed by atoms with E-state index in [4.69, 9.17) is 9.47 Å². The van der Waals surface area contributed by atoms with E-state index in [2.05, 4.69) is 9.64 Å². The van der Waals surface area contributed by atoms with Crippen molar-refractivity contribution >= 4 is 0 Å². The second-order valence-electron chi connectivity index (χ2n) is 7.27. The summed E-state index contributed by atoms with van der Waals surface area (Å²) < 4.78 is 54.8. The van der Waals surface area contributed by atoms with Crippen molar-refractivity contribution in [1.82, 2.24) is 4.90 Å². The second-order valence-corrected chi connectivity index (χ2v) is 7.27.